The summed E-state index contributed by atoms with van der Waals surface area (Å²) < 4.78 is 5.45. The Morgan fingerprint density at radius 3 is 1.81 bits per heavy atom. The van der Waals surface area contributed by atoms with Crippen LogP contribution in [0, 0.1) is 0 Å². The summed E-state index contributed by atoms with van der Waals surface area (Å²) in [5.74, 6) is -0.0574. The van der Waals surface area contributed by atoms with Gasteiger partial charge >= 0.3 is 111 Å². The molecule has 0 rings (SSSR count). The third kappa shape index (κ3) is 4.40. The van der Waals surface area contributed by atoms with Gasteiger partial charge in [0, 0.05) is 0 Å². The van der Waals surface area contributed by atoms with E-state index in [0.717, 1.165) is 0 Å². The second-order valence-electron chi connectivity index (χ2n) is 5.32. The standard InChI is InChI=1S/C12H25BrGeO2/c1-7-14(8-2,9-3)10(13)11(15)16-12(4,5)6/h10H,7-9H2,1-6H3. The minimum atomic E-state index is -2.09. The Balaban J connectivity index is 4.75. The van der Waals surface area contributed by atoms with Crippen molar-refractivity contribution < 1.29 is 9.53 Å². The number of carbonyl (C=O) groups excluding carboxylic acids is 1. The second-order valence-corrected chi connectivity index (χ2v) is 19.4. The second kappa shape index (κ2) is 6.43. The van der Waals surface area contributed by atoms with Gasteiger partial charge in [0.1, 0.15) is 0 Å². The van der Waals surface area contributed by atoms with Crippen LogP contribution in [0.15, 0.2) is 0 Å². The van der Waals surface area contributed by atoms with Gasteiger partial charge in [-0.3, -0.25) is 0 Å². The first-order valence-electron chi connectivity index (χ1n) is 6.09. The molecule has 0 spiro atoms. The van der Waals surface area contributed by atoms with E-state index in [1.807, 2.05) is 20.8 Å². The maximum absolute atomic E-state index is 12.1. The van der Waals surface area contributed by atoms with Crippen LogP contribution in [0.4, 0.5) is 0 Å². The van der Waals surface area contributed by atoms with E-state index in [-0.39, 0.29) is 15.2 Å². The van der Waals surface area contributed by atoms with Crippen molar-refractivity contribution in [2.45, 2.75) is 66.6 Å². The van der Waals surface area contributed by atoms with Crippen LogP contribution < -0.4 is 0 Å². The molecule has 0 aromatic heterocycles. The SMILES string of the molecule is C[CH2][Ge]([CH2]C)([CH2]C)[CH](Br)C(=O)OC(C)(C)C. The number of carbonyl (C=O) groups is 1. The number of esters is 1. The zero-order chi connectivity index (χ0) is 13.0. The van der Waals surface area contributed by atoms with Gasteiger partial charge in [-0.15, -0.1) is 0 Å². The molecule has 0 saturated heterocycles. The predicted octanol–water partition coefficient (Wildman–Crippen LogP) is 4.14. The van der Waals surface area contributed by atoms with E-state index < -0.39 is 13.3 Å². The quantitative estimate of drug-likeness (QED) is 0.422. The van der Waals surface area contributed by atoms with Crippen molar-refractivity contribution in [3.63, 3.8) is 0 Å². The summed E-state index contributed by atoms with van der Waals surface area (Å²) in [6.45, 7) is 12.4. The summed E-state index contributed by atoms with van der Waals surface area (Å²) in [5, 5.41) is 3.51. The van der Waals surface area contributed by atoms with E-state index >= 15 is 0 Å². The first-order valence-corrected chi connectivity index (χ1v) is 12.7. The fourth-order valence-electron chi connectivity index (χ4n) is 1.89. The van der Waals surface area contributed by atoms with E-state index in [0.29, 0.717) is 0 Å². The molecule has 1 atom stereocenters. The van der Waals surface area contributed by atoms with Crippen LogP contribution in [0.5, 0.6) is 0 Å². The van der Waals surface area contributed by atoms with Gasteiger partial charge in [-0.2, -0.15) is 0 Å². The Bertz CT molecular complexity index is 223. The number of halogens is 1. The van der Waals surface area contributed by atoms with Gasteiger partial charge in [-0.05, 0) is 0 Å². The van der Waals surface area contributed by atoms with Crippen LogP contribution in [0.25, 0.3) is 0 Å². The van der Waals surface area contributed by atoms with Crippen molar-refractivity contribution >= 4 is 35.2 Å². The van der Waals surface area contributed by atoms with Crippen LogP contribution in [0.2, 0.25) is 15.8 Å². The van der Waals surface area contributed by atoms with Crippen molar-refractivity contribution in [2.75, 3.05) is 0 Å². The Kier molecular flexibility index (Phi) is 6.63. The molecule has 0 aromatic rings. The van der Waals surface area contributed by atoms with E-state index in [1.54, 1.807) is 0 Å². The summed E-state index contributed by atoms with van der Waals surface area (Å²) in [6.07, 6.45) is 0. The molecule has 0 fully saturated rings. The van der Waals surface area contributed by atoms with Gasteiger partial charge in [-0.1, -0.05) is 0 Å². The fraction of sp³-hybridized carbons (Fsp3) is 0.917. The molecule has 0 aliphatic heterocycles. The van der Waals surface area contributed by atoms with Gasteiger partial charge in [0.15, 0.2) is 0 Å². The van der Waals surface area contributed by atoms with Gasteiger partial charge in [0.05, 0.1) is 0 Å². The Morgan fingerprint density at radius 2 is 1.56 bits per heavy atom. The molecule has 0 saturated carbocycles. The van der Waals surface area contributed by atoms with Crippen LogP contribution >= 0.6 is 15.9 Å². The monoisotopic (exact) mass is 354 g/mol. The molecule has 2 nitrogen and oxygen atoms in total. The Labute approximate surface area is 111 Å². The van der Waals surface area contributed by atoms with Gasteiger partial charge in [0.25, 0.3) is 0 Å². The van der Waals surface area contributed by atoms with Crippen molar-refractivity contribution in [1.82, 2.24) is 0 Å². The van der Waals surface area contributed by atoms with E-state index in [4.69, 9.17) is 4.74 Å². The van der Waals surface area contributed by atoms with Crippen LogP contribution in [-0.2, 0) is 9.53 Å². The Hall–Kier alpha value is 0.493. The van der Waals surface area contributed by atoms with Crippen LogP contribution in [0.1, 0.15) is 41.5 Å². The van der Waals surface area contributed by atoms with Gasteiger partial charge < -0.3 is 0 Å². The van der Waals surface area contributed by atoms with Crippen LogP contribution in [-0.4, -0.2) is 28.5 Å². The molecule has 16 heavy (non-hydrogen) atoms. The van der Waals surface area contributed by atoms with Crippen molar-refractivity contribution in [3.05, 3.63) is 0 Å². The number of alkyl halides is 1. The zero-order valence-corrected chi connectivity index (χ0v) is 15.1. The zero-order valence-electron chi connectivity index (χ0n) is 11.4. The summed E-state index contributed by atoms with van der Waals surface area (Å²) in [4.78, 5) is 12.1. The molecule has 0 amide bonds. The molecule has 1 unspecified atom stereocenters. The first kappa shape index (κ1) is 16.5. The molecule has 0 N–H and O–H groups in total. The first-order chi connectivity index (χ1) is 7.22. The average Bonchev–Trinajstić information content (AvgIpc) is 2.18. The normalized spacial score (nSPS) is 14.7. The fourth-order valence-corrected chi connectivity index (χ4v) is 13.6. The molecule has 4 heteroatoms. The maximum atomic E-state index is 12.1. The Morgan fingerprint density at radius 1 is 1.19 bits per heavy atom. The number of hydrogen-bond acceptors (Lipinski definition) is 2. The van der Waals surface area contributed by atoms with E-state index in [2.05, 4.69) is 36.7 Å². The third-order valence-corrected chi connectivity index (χ3v) is 20.3. The molecule has 96 valence electrons. The molecule has 0 aromatic carbocycles. The molecule has 0 radical (unpaired) electrons. The molecule has 0 heterocycles. The number of ether oxygens (including phenoxy) is 1. The van der Waals surface area contributed by atoms with E-state index in [9.17, 15) is 4.79 Å². The summed E-state index contributed by atoms with van der Waals surface area (Å²) in [7, 11) is 0. The summed E-state index contributed by atoms with van der Waals surface area (Å²) in [6, 6.07) is 0. The topological polar surface area (TPSA) is 26.3 Å². The molecular formula is C12H25BrGeO2. The minimum absolute atomic E-state index is 0.0216. The summed E-state index contributed by atoms with van der Waals surface area (Å²) in [5.41, 5.74) is -0.383. The van der Waals surface area contributed by atoms with Gasteiger partial charge in [-0.25, -0.2) is 0 Å². The predicted molar refractivity (Wildman–Crippen MR) is 75.8 cm³/mol. The van der Waals surface area contributed by atoms with E-state index in [1.165, 1.54) is 15.8 Å². The third-order valence-electron chi connectivity index (χ3n) is 3.26. The molecule has 0 aliphatic rings. The van der Waals surface area contributed by atoms with Gasteiger partial charge in [0.2, 0.25) is 0 Å². The molecule has 0 aliphatic carbocycles. The summed E-state index contributed by atoms with van der Waals surface area (Å²) >= 11 is 1.52. The van der Waals surface area contributed by atoms with Crippen molar-refractivity contribution in [3.8, 4) is 0 Å². The number of hydrogen-bond donors (Lipinski definition) is 0. The number of rotatable bonds is 5. The average molecular weight is 354 g/mol. The van der Waals surface area contributed by atoms with Crippen molar-refractivity contribution in [2.24, 2.45) is 0 Å². The molecular weight excluding hydrogens is 329 g/mol. The molecule has 0 bridgehead atoms. The van der Waals surface area contributed by atoms with Crippen molar-refractivity contribution in [1.29, 1.82) is 0 Å². The van der Waals surface area contributed by atoms with Crippen LogP contribution in [0.3, 0.4) is 0 Å².